The van der Waals surface area contributed by atoms with Crippen molar-refractivity contribution < 1.29 is 4.84 Å². The lowest BCUT2D eigenvalue weighted by Gasteiger charge is -2.04. The van der Waals surface area contributed by atoms with Crippen LogP contribution in [0.2, 0.25) is 0 Å². The largest absolute Gasteiger partial charge is 0.399 e. The van der Waals surface area contributed by atoms with Crippen molar-refractivity contribution in [3.63, 3.8) is 0 Å². The first-order valence-electron chi connectivity index (χ1n) is 3.30. The minimum Gasteiger partial charge on any atom is -0.399 e. The van der Waals surface area contributed by atoms with Crippen molar-refractivity contribution in [2.75, 3.05) is 7.11 Å². The van der Waals surface area contributed by atoms with Crippen molar-refractivity contribution in [2.24, 2.45) is 11.1 Å². The monoisotopic (exact) mass is 129 g/mol. The van der Waals surface area contributed by atoms with E-state index in [0.717, 1.165) is 12.1 Å². The van der Waals surface area contributed by atoms with Crippen molar-refractivity contribution >= 4 is 5.71 Å². The third-order valence-electron chi connectivity index (χ3n) is 1.56. The molecule has 0 aliphatic rings. The van der Waals surface area contributed by atoms with Gasteiger partial charge in [-0.2, -0.15) is 0 Å². The zero-order valence-electron chi connectivity index (χ0n) is 6.64. The van der Waals surface area contributed by atoms with E-state index < -0.39 is 0 Å². The van der Waals surface area contributed by atoms with E-state index in [9.17, 15) is 0 Å². The maximum Gasteiger partial charge on any atom is 0.106 e. The summed E-state index contributed by atoms with van der Waals surface area (Å²) in [7, 11) is 1.58. The summed E-state index contributed by atoms with van der Waals surface area (Å²) in [6, 6.07) is 0. The van der Waals surface area contributed by atoms with Gasteiger partial charge in [-0.05, 0) is 19.3 Å². The van der Waals surface area contributed by atoms with Crippen LogP contribution in [0.15, 0.2) is 5.16 Å². The van der Waals surface area contributed by atoms with Gasteiger partial charge < -0.3 is 4.84 Å². The molecule has 54 valence electrons. The van der Waals surface area contributed by atoms with E-state index in [4.69, 9.17) is 0 Å². The molecular weight excluding hydrogens is 114 g/mol. The first-order chi connectivity index (χ1) is 4.22. The van der Waals surface area contributed by atoms with Gasteiger partial charge in [-0.15, -0.1) is 0 Å². The molecule has 0 aromatic carbocycles. The SMILES string of the molecule is CC[C@@H](C)/C(C)=N\OC. The van der Waals surface area contributed by atoms with Crippen molar-refractivity contribution in [1.29, 1.82) is 0 Å². The quantitative estimate of drug-likeness (QED) is 0.422. The van der Waals surface area contributed by atoms with Crippen LogP contribution in [0.3, 0.4) is 0 Å². The van der Waals surface area contributed by atoms with Crippen LogP contribution in [0.25, 0.3) is 0 Å². The van der Waals surface area contributed by atoms with Gasteiger partial charge in [-0.25, -0.2) is 0 Å². The Labute approximate surface area is 56.9 Å². The number of oxime groups is 1. The Balaban J connectivity index is 3.70. The summed E-state index contributed by atoms with van der Waals surface area (Å²) in [5, 5.41) is 3.81. The van der Waals surface area contributed by atoms with Crippen LogP contribution in [0, 0.1) is 5.92 Å². The van der Waals surface area contributed by atoms with Crippen molar-refractivity contribution in [3.8, 4) is 0 Å². The Morgan fingerprint density at radius 1 is 1.67 bits per heavy atom. The number of hydrogen-bond donors (Lipinski definition) is 0. The van der Waals surface area contributed by atoms with Gasteiger partial charge in [0, 0.05) is 0 Å². The Hall–Kier alpha value is -0.530. The zero-order valence-corrected chi connectivity index (χ0v) is 6.64. The lowest BCUT2D eigenvalue weighted by atomic mass is 10.1. The second-order valence-corrected chi connectivity index (χ2v) is 2.22. The molecule has 0 aliphatic heterocycles. The molecule has 0 heterocycles. The summed E-state index contributed by atoms with van der Waals surface area (Å²) in [6.07, 6.45) is 1.12. The fourth-order valence-electron chi connectivity index (χ4n) is 0.529. The molecule has 0 saturated carbocycles. The van der Waals surface area contributed by atoms with Gasteiger partial charge in [-0.3, -0.25) is 0 Å². The predicted octanol–water partition coefficient (Wildman–Crippen LogP) is 2.05. The smallest absolute Gasteiger partial charge is 0.106 e. The number of rotatable bonds is 3. The highest BCUT2D eigenvalue weighted by molar-refractivity contribution is 5.83. The molecule has 0 aliphatic carbocycles. The van der Waals surface area contributed by atoms with Crippen LogP contribution in [0.4, 0.5) is 0 Å². The molecule has 0 fully saturated rings. The van der Waals surface area contributed by atoms with Gasteiger partial charge in [0.15, 0.2) is 0 Å². The van der Waals surface area contributed by atoms with Crippen LogP contribution in [0.5, 0.6) is 0 Å². The first-order valence-corrected chi connectivity index (χ1v) is 3.30. The fourth-order valence-corrected chi connectivity index (χ4v) is 0.529. The van der Waals surface area contributed by atoms with Crippen molar-refractivity contribution in [2.45, 2.75) is 27.2 Å². The van der Waals surface area contributed by atoms with E-state index in [-0.39, 0.29) is 0 Å². The summed E-state index contributed by atoms with van der Waals surface area (Å²) in [5.74, 6) is 0.546. The van der Waals surface area contributed by atoms with Gasteiger partial charge >= 0.3 is 0 Å². The topological polar surface area (TPSA) is 21.6 Å². The summed E-state index contributed by atoms with van der Waals surface area (Å²) < 4.78 is 0. The van der Waals surface area contributed by atoms with Gasteiger partial charge in [0.05, 0.1) is 5.71 Å². The molecule has 0 aromatic rings. The van der Waals surface area contributed by atoms with E-state index in [1.807, 2.05) is 6.92 Å². The summed E-state index contributed by atoms with van der Waals surface area (Å²) >= 11 is 0. The van der Waals surface area contributed by atoms with E-state index in [1.165, 1.54) is 0 Å². The third kappa shape index (κ3) is 3.12. The van der Waals surface area contributed by atoms with Gasteiger partial charge in [0.1, 0.15) is 7.11 Å². The molecule has 0 spiro atoms. The summed E-state index contributed by atoms with van der Waals surface area (Å²) in [6.45, 7) is 6.26. The molecule has 2 heteroatoms. The summed E-state index contributed by atoms with van der Waals surface area (Å²) in [5.41, 5.74) is 1.07. The Morgan fingerprint density at radius 3 is 2.56 bits per heavy atom. The number of hydrogen-bond acceptors (Lipinski definition) is 2. The maximum absolute atomic E-state index is 4.61. The van der Waals surface area contributed by atoms with Crippen LogP contribution in [-0.4, -0.2) is 12.8 Å². The van der Waals surface area contributed by atoms with E-state index >= 15 is 0 Å². The molecular formula is C7H15NO. The van der Waals surface area contributed by atoms with Gasteiger partial charge in [0.25, 0.3) is 0 Å². The zero-order chi connectivity index (χ0) is 7.28. The van der Waals surface area contributed by atoms with Crippen molar-refractivity contribution in [1.82, 2.24) is 0 Å². The average molecular weight is 129 g/mol. The molecule has 0 bridgehead atoms. The molecule has 0 unspecified atom stereocenters. The molecule has 9 heavy (non-hydrogen) atoms. The van der Waals surface area contributed by atoms with Crippen LogP contribution in [-0.2, 0) is 4.84 Å². The third-order valence-corrected chi connectivity index (χ3v) is 1.56. The average Bonchev–Trinajstić information content (AvgIpc) is 1.87. The highest BCUT2D eigenvalue weighted by Gasteiger charge is 2.01. The normalized spacial score (nSPS) is 15.3. The fraction of sp³-hybridized carbons (Fsp3) is 0.857. The highest BCUT2D eigenvalue weighted by Crippen LogP contribution is 2.02. The molecule has 0 rings (SSSR count). The first kappa shape index (κ1) is 8.47. The molecule has 0 radical (unpaired) electrons. The molecule has 0 saturated heterocycles. The molecule has 0 amide bonds. The lowest BCUT2D eigenvalue weighted by molar-refractivity contribution is 0.211. The van der Waals surface area contributed by atoms with E-state index in [0.29, 0.717) is 5.92 Å². The molecule has 0 aromatic heterocycles. The Bertz CT molecular complexity index is 99.1. The predicted molar refractivity (Wildman–Crippen MR) is 39.6 cm³/mol. The second-order valence-electron chi connectivity index (χ2n) is 2.22. The van der Waals surface area contributed by atoms with Gasteiger partial charge in [-0.1, -0.05) is 19.0 Å². The van der Waals surface area contributed by atoms with Crippen LogP contribution < -0.4 is 0 Å². The molecule has 1 atom stereocenters. The molecule has 2 nitrogen and oxygen atoms in total. The van der Waals surface area contributed by atoms with Crippen LogP contribution >= 0.6 is 0 Å². The standard InChI is InChI=1S/C7H15NO/c1-5-6(2)7(3)8-9-4/h6H,5H2,1-4H3/b8-7-/t6-/m1/s1. The summed E-state index contributed by atoms with van der Waals surface area (Å²) in [4.78, 5) is 4.61. The molecule has 0 N–H and O–H groups in total. The van der Waals surface area contributed by atoms with E-state index in [1.54, 1.807) is 7.11 Å². The van der Waals surface area contributed by atoms with E-state index in [2.05, 4.69) is 23.8 Å². The maximum atomic E-state index is 4.61. The second kappa shape index (κ2) is 4.36. The lowest BCUT2D eigenvalue weighted by Crippen LogP contribution is -2.05. The van der Waals surface area contributed by atoms with Gasteiger partial charge in [0.2, 0.25) is 0 Å². The number of nitrogens with zero attached hydrogens (tertiary/aromatic N) is 1. The Kier molecular flexibility index (Phi) is 4.10. The van der Waals surface area contributed by atoms with Crippen molar-refractivity contribution in [3.05, 3.63) is 0 Å². The Morgan fingerprint density at radius 2 is 2.22 bits per heavy atom. The van der Waals surface area contributed by atoms with Crippen LogP contribution in [0.1, 0.15) is 27.2 Å². The highest BCUT2D eigenvalue weighted by atomic mass is 16.6. The minimum atomic E-state index is 0.546. The minimum absolute atomic E-state index is 0.546.